The van der Waals surface area contributed by atoms with Crippen LogP contribution in [-0.2, 0) is 19.5 Å². The van der Waals surface area contributed by atoms with E-state index < -0.39 is 0 Å². The third-order valence-electron chi connectivity index (χ3n) is 8.36. The first-order valence-corrected chi connectivity index (χ1v) is 13.0. The molecule has 1 heteroatoms. The molecular weight excluding hydrogens is 379 g/mol. The molecule has 31 heavy (non-hydrogen) atoms. The molecule has 168 valence electrons. The van der Waals surface area contributed by atoms with Crippen LogP contribution in [0.4, 0.5) is 4.39 Å². The van der Waals surface area contributed by atoms with Crippen molar-refractivity contribution in [1.82, 2.24) is 0 Å². The molecule has 2 saturated carbocycles. The third-order valence-corrected chi connectivity index (χ3v) is 8.36. The van der Waals surface area contributed by atoms with Crippen LogP contribution >= 0.6 is 0 Å². The van der Waals surface area contributed by atoms with Crippen molar-refractivity contribution in [3.05, 3.63) is 70.8 Å². The van der Waals surface area contributed by atoms with Crippen molar-refractivity contribution in [2.24, 2.45) is 17.8 Å². The van der Waals surface area contributed by atoms with Gasteiger partial charge in [0.25, 0.3) is 0 Å². The zero-order valence-corrected chi connectivity index (χ0v) is 19.5. The predicted molar refractivity (Wildman–Crippen MR) is 130 cm³/mol. The summed E-state index contributed by atoms with van der Waals surface area (Å²) >= 11 is 0. The van der Waals surface area contributed by atoms with E-state index in [0.717, 1.165) is 42.1 Å². The normalized spacial score (nSPS) is 26.6. The first-order chi connectivity index (χ1) is 15.2. The number of hydrogen-bond acceptors (Lipinski definition) is 0. The van der Waals surface area contributed by atoms with Crippen LogP contribution in [0.5, 0.6) is 0 Å². The molecule has 0 aliphatic heterocycles. The van der Waals surface area contributed by atoms with Gasteiger partial charge in [-0.3, -0.25) is 0 Å². The van der Waals surface area contributed by atoms with Gasteiger partial charge in [0, 0.05) is 0 Å². The molecule has 2 aliphatic rings. The fourth-order valence-corrected chi connectivity index (χ4v) is 6.32. The maximum Gasteiger partial charge on any atom is 0.115 e. The van der Waals surface area contributed by atoms with Crippen LogP contribution in [0, 0.1) is 17.8 Å². The van der Waals surface area contributed by atoms with Crippen LogP contribution in [0.2, 0.25) is 0 Å². The summed E-state index contributed by atoms with van der Waals surface area (Å²) in [6, 6.07) is 17.4. The largest absolute Gasteiger partial charge is 0.246 e. The Balaban J connectivity index is 1.22. The van der Waals surface area contributed by atoms with E-state index in [1.165, 1.54) is 75.3 Å². The molecular formula is C30H41F. The number of halogens is 1. The summed E-state index contributed by atoms with van der Waals surface area (Å²) in [5.74, 6) is 3.83. The van der Waals surface area contributed by atoms with Gasteiger partial charge in [-0.2, -0.15) is 0 Å². The maximum atomic E-state index is 12.7. The predicted octanol–water partition coefficient (Wildman–Crippen LogP) is 8.82. The molecule has 0 aromatic heterocycles. The lowest BCUT2D eigenvalue weighted by atomic mass is 9.68. The molecule has 0 N–H and O–H groups in total. The highest BCUT2D eigenvalue weighted by Crippen LogP contribution is 2.44. The minimum atomic E-state index is -0.371. The highest BCUT2D eigenvalue weighted by Gasteiger charge is 2.31. The Morgan fingerprint density at radius 1 is 0.645 bits per heavy atom. The average molecular weight is 421 g/mol. The van der Waals surface area contributed by atoms with Crippen LogP contribution in [0.15, 0.2) is 48.5 Å². The van der Waals surface area contributed by atoms with E-state index in [1.807, 2.05) is 12.1 Å². The van der Waals surface area contributed by atoms with Gasteiger partial charge in [-0.15, -0.1) is 0 Å². The second kappa shape index (κ2) is 11.3. The lowest BCUT2D eigenvalue weighted by molar-refractivity contribution is 0.156. The highest BCUT2D eigenvalue weighted by molar-refractivity contribution is 5.28. The third kappa shape index (κ3) is 6.21. The number of alkyl halides is 1. The van der Waals surface area contributed by atoms with Gasteiger partial charge in [-0.05, 0) is 97.3 Å². The summed E-state index contributed by atoms with van der Waals surface area (Å²) in [6.45, 7) is 1.97. The Kier molecular flexibility index (Phi) is 8.22. The number of benzene rings is 2. The summed E-state index contributed by atoms with van der Waals surface area (Å²) in [5, 5.41) is 0. The summed E-state index contributed by atoms with van der Waals surface area (Å²) < 4.78 is 12.7. The monoisotopic (exact) mass is 420 g/mol. The molecule has 0 nitrogen and oxygen atoms in total. The van der Waals surface area contributed by atoms with Gasteiger partial charge >= 0.3 is 0 Å². The van der Waals surface area contributed by atoms with E-state index in [1.54, 1.807) is 5.56 Å². The highest BCUT2D eigenvalue weighted by atomic mass is 19.1. The first kappa shape index (κ1) is 22.6. The summed E-state index contributed by atoms with van der Waals surface area (Å²) in [4.78, 5) is 0. The summed E-state index contributed by atoms with van der Waals surface area (Å²) in [5.41, 5.74) is 5.03. The minimum Gasteiger partial charge on any atom is -0.246 e. The standard InChI is InChI=1S/C30H41F/c1-2-3-23-10-14-27(15-11-23)29-18-20-30(21-19-29)28-16-12-25(13-17-28)5-4-24-6-8-26(22-31)9-7-24/h6-9,12-13,16-17,23,27,29-30H,2-5,10-11,14-15,18-22H2,1H3. The van der Waals surface area contributed by atoms with Crippen molar-refractivity contribution in [1.29, 1.82) is 0 Å². The van der Waals surface area contributed by atoms with Crippen LogP contribution < -0.4 is 0 Å². The topological polar surface area (TPSA) is 0 Å². The van der Waals surface area contributed by atoms with E-state index >= 15 is 0 Å². The van der Waals surface area contributed by atoms with Gasteiger partial charge in [0.15, 0.2) is 0 Å². The molecule has 2 aliphatic carbocycles. The number of rotatable bonds is 8. The van der Waals surface area contributed by atoms with Crippen LogP contribution in [0.1, 0.15) is 99.3 Å². The fraction of sp³-hybridized carbons (Fsp3) is 0.600. The second-order valence-electron chi connectivity index (χ2n) is 10.4. The SMILES string of the molecule is CCCC1CCC(C2CCC(c3ccc(CCc4ccc(CF)cc4)cc3)CC2)CC1. The van der Waals surface area contributed by atoms with Gasteiger partial charge < -0.3 is 0 Å². The molecule has 0 unspecified atom stereocenters. The molecule has 2 aromatic rings. The second-order valence-corrected chi connectivity index (χ2v) is 10.4. The number of hydrogen-bond donors (Lipinski definition) is 0. The van der Waals surface area contributed by atoms with E-state index in [2.05, 4.69) is 43.3 Å². The van der Waals surface area contributed by atoms with Crippen molar-refractivity contribution in [2.75, 3.05) is 0 Å². The molecule has 0 spiro atoms. The molecule has 2 aromatic carbocycles. The Labute approximate surface area is 189 Å². The molecule has 0 saturated heterocycles. The molecule has 0 bridgehead atoms. The van der Waals surface area contributed by atoms with Gasteiger partial charge in [0.1, 0.15) is 6.67 Å². The van der Waals surface area contributed by atoms with E-state index in [0.29, 0.717) is 0 Å². The van der Waals surface area contributed by atoms with Crippen molar-refractivity contribution < 1.29 is 4.39 Å². The summed E-state index contributed by atoms with van der Waals surface area (Å²) in [7, 11) is 0. The van der Waals surface area contributed by atoms with Crippen molar-refractivity contribution in [3.63, 3.8) is 0 Å². The van der Waals surface area contributed by atoms with Gasteiger partial charge in [0.05, 0.1) is 0 Å². The van der Waals surface area contributed by atoms with Gasteiger partial charge in [0.2, 0.25) is 0 Å². The Morgan fingerprint density at radius 2 is 1.13 bits per heavy atom. The molecule has 4 rings (SSSR count). The Bertz CT molecular complexity index is 759. The number of aryl methyl sites for hydroxylation is 2. The fourth-order valence-electron chi connectivity index (χ4n) is 6.32. The van der Waals surface area contributed by atoms with Crippen molar-refractivity contribution in [2.45, 2.75) is 96.6 Å². The average Bonchev–Trinajstić information content (AvgIpc) is 2.84. The first-order valence-electron chi connectivity index (χ1n) is 13.0. The summed E-state index contributed by atoms with van der Waals surface area (Å²) in [6.07, 6.45) is 16.6. The van der Waals surface area contributed by atoms with E-state index in [4.69, 9.17) is 0 Å². The lowest BCUT2D eigenvalue weighted by Gasteiger charge is -2.38. The quantitative estimate of drug-likeness (QED) is 0.400. The Hall–Kier alpha value is -1.63. The Morgan fingerprint density at radius 3 is 1.65 bits per heavy atom. The molecule has 0 heterocycles. The minimum absolute atomic E-state index is 0.371. The van der Waals surface area contributed by atoms with Crippen molar-refractivity contribution >= 4 is 0 Å². The van der Waals surface area contributed by atoms with Gasteiger partial charge in [-0.1, -0.05) is 81.1 Å². The van der Waals surface area contributed by atoms with Crippen LogP contribution in [-0.4, -0.2) is 0 Å². The van der Waals surface area contributed by atoms with Crippen molar-refractivity contribution in [3.8, 4) is 0 Å². The van der Waals surface area contributed by atoms with E-state index in [-0.39, 0.29) is 6.67 Å². The molecule has 0 atom stereocenters. The molecule has 0 radical (unpaired) electrons. The van der Waals surface area contributed by atoms with Crippen LogP contribution in [0.3, 0.4) is 0 Å². The lowest BCUT2D eigenvalue weighted by Crippen LogP contribution is -2.25. The smallest absolute Gasteiger partial charge is 0.115 e. The van der Waals surface area contributed by atoms with Gasteiger partial charge in [-0.25, -0.2) is 4.39 Å². The van der Waals surface area contributed by atoms with Crippen LogP contribution in [0.25, 0.3) is 0 Å². The molecule has 0 amide bonds. The molecule has 2 fully saturated rings. The maximum absolute atomic E-state index is 12.7. The zero-order chi connectivity index (χ0) is 21.5. The zero-order valence-electron chi connectivity index (χ0n) is 19.5. The van der Waals surface area contributed by atoms with E-state index in [9.17, 15) is 4.39 Å².